The highest BCUT2D eigenvalue weighted by atomic mass is 15.2. The Bertz CT molecular complexity index is 3420. The number of fused-ring (bicyclic) bond motifs is 2. The first-order chi connectivity index (χ1) is 34.5. The summed E-state index contributed by atoms with van der Waals surface area (Å²) in [5, 5.41) is 4.45. The maximum Gasteiger partial charge on any atom is 0.0561 e. The average Bonchev–Trinajstić information content (AvgIpc) is 3.41. The van der Waals surface area contributed by atoms with E-state index in [0.717, 1.165) is 86.6 Å². The minimum absolute atomic E-state index is 0.0283. The first kappa shape index (κ1) is 44.9. The van der Waals surface area contributed by atoms with Crippen LogP contribution in [0.15, 0.2) is 279 Å². The molecule has 340 valence electrons. The first-order valence-electron chi connectivity index (χ1n) is 24.1. The molecule has 8 aromatic rings. The van der Waals surface area contributed by atoms with E-state index in [-0.39, 0.29) is 6.04 Å². The van der Waals surface area contributed by atoms with Gasteiger partial charge in [0.1, 0.15) is 0 Å². The molecule has 0 saturated heterocycles. The summed E-state index contributed by atoms with van der Waals surface area (Å²) in [5.41, 5.74) is 13.0. The average molecular weight is 905 g/mol. The molecular weight excluding hydrogens is 849 g/mol. The molecule has 4 nitrogen and oxygen atoms in total. The molecule has 0 heterocycles. The van der Waals surface area contributed by atoms with Crippen LogP contribution < -0.4 is 30.0 Å². The Morgan fingerprint density at radius 1 is 0.514 bits per heavy atom. The van der Waals surface area contributed by atoms with Gasteiger partial charge in [-0.3, -0.25) is 0 Å². The summed E-state index contributed by atoms with van der Waals surface area (Å²) in [4.78, 5) is 9.15. The van der Waals surface area contributed by atoms with Gasteiger partial charge in [-0.2, -0.15) is 0 Å². The van der Waals surface area contributed by atoms with Gasteiger partial charge in [-0.1, -0.05) is 165 Å². The Labute approximate surface area is 413 Å². The van der Waals surface area contributed by atoms with E-state index in [1.54, 1.807) is 0 Å². The number of benzene rings is 8. The molecule has 0 aliphatic heterocycles. The minimum Gasteiger partial charge on any atom is -0.335 e. The van der Waals surface area contributed by atoms with Gasteiger partial charge in [0.05, 0.1) is 6.04 Å². The third kappa shape index (κ3) is 10.0. The van der Waals surface area contributed by atoms with Crippen molar-refractivity contribution in [2.75, 3.05) is 19.6 Å². The van der Waals surface area contributed by atoms with Gasteiger partial charge in [0.2, 0.25) is 0 Å². The van der Waals surface area contributed by atoms with E-state index < -0.39 is 0 Å². The van der Waals surface area contributed by atoms with Crippen molar-refractivity contribution in [3.05, 3.63) is 301 Å². The van der Waals surface area contributed by atoms with Crippen molar-refractivity contribution >= 4 is 69.3 Å². The van der Waals surface area contributed by atoms with Crippen LogP contribution >= 0.6 is 0 Å². The second-order valence-electron chi connectivity index (χ2n) is 17.6. The number of hydrogen-bond donors (Lipinski definition) is 0. The minimum atomic E-state index is -0.0283. The van der Waals surface area contributed by atoms with Gasteiger partial charge < -0.3 is 19.6 Å². The normalized spacial score (nSPS) is 14.4. The molecule has 2 aliphatic rings. The van der Waals surface area contributed by atoms with E-state index in [0.29, 0.717) is 0 Å². The van der Waals surface area contributed by atoms with Crippen LogP contribution in [0.5, 0.6) is 0 Å². The fourth-order valence-corrected chi connectivity index (χ4v) is 9.43. The van der Waals surface area contributed by atoms with Crippen molar-refractivity contribution < 1.29 is 0 Å². The molecule has 0 radical (unpaired) electrons. The van der Waals surface area contributed by atoms with Gasteiger partial charge in [0.25, 0.3) is 0 Å². The van der Waals surface area contributed by atoms with E-state index in [9.17, 15) is 0 Å². The van der Waals surface area contributed by atoms with Crippen LogP contribution in [0.3, 0.4) is 0 Å². The Balaban J connectivity index is 0.997. The van der Waals surface area contributed by atoms with E-state index in [1.807, 2.05) is 42.5 Å². The molecule has 0 fully saturated rings. The number of anilines is 7. The second-order valence-corrected chi connectivity index (χ2v) is 17.6. The van der Waals surface area contributed by atoms with Gasteiger partial charge in [-0.05, 0) is 161 Å². The largest absolute Gasteiger partial charge is 0.335 e. The van der Waals surface area contributed by atoms with E-state index in [1.165, 1.54) is 21.9 Å². The summed E-state index contributed by atoms with van der Waals surface area (Å²) < 4.78 is 0. The van der Waals surface area contributed by atoms with Crippen molar-refractivity contribution in [1.82, 2.24) is 0 Å². The van der Waals surface area contributed by atoms with Crippen molar-refractivity contribution in [2.24, 2.45) is 0 Å². The zero-order valence-corrected chi connectivity index (χ0v) is 39.4. The van der Waals surface area contributed by atoms with Crippen LogP contribution in [0.1, 0.15) is 24.0 Å². The van der Waals surface area contributed by atoms with Gasteiger partial charge in [-0.15, -0.1) is 0 Å². The molecular formula is C66H56N4. The van der Waals surface area contributed by atoms with Crippen LogP contribution in [-0.2, 0) is 6.42 Å². The third-order valence-corrected chi connectivity index (χ3v) is 13.0. The fourth-order valence-electron chi connectivity index (χ4n) is 9.43. The second kappa shape index (κ2) is 21.0. The van der Waals surface area contributed by atoms with E-state index in [4.69, 9.17) is 6.58 Å². The summed E-state index contributed by atoms with van der Waals surface area (Å²) in [7, 11) is 0. The highest BCUT2D eigenvalue weighted by Gasteiger charge is 2.24. The highest BCUT2D eigenvalue weighted by Crippen LogP contribution is 2.39. The van der Waals surface area contributed by atoms with Crippen molar-refractivity contribution in [3.63, 3.8) is 0 Å². The number of nitrogens with zero attached hydrogens (tertiary/aromatic N) is 4. The maximum absolute atomic E-state index is 4.76. The molecule has 2 aliphatic carbocycles. The molecule has 0 bridgehead atoms. The van der Waals surface area contributed by atoms with Gasteiger partial charge in [0, 0.05) is 63.1 Å². The van der Waals surface area contributed by atoms with Crippen molar-refractivity contribution in [2.45, 2.75) is 25.3 Å². The van der Waals surface area contributed by atoms with Crippen LogP contribution in [0.25, 0.3) is 29.5 Å². The lowest BCUT2D eigenvalue weighted by molar-refractivity contribution is 0.756. The number of allylic oxidation sites excluding steroid dienone is 5. The number of aryl methyl sites for hydroxylation is 1. The maximum atomic E-state index is 4.76. The summed E-state index contributed by atoms with van der Waals surface area (Å²) in [6.45, 7) is 13.5. The molecule has 70 heavy (non-hydrogen) atoms. The molecule has 0 saturated carbocycles. The smallest absolute Gasteiger partial charge is 0.0561 e. The fraction of sp³-hybridized carbons (Fsp3) is 0.0606. The Kier molecular flexibility index (Phi) is 13.5. The molecule has 1 atom stereocenters. The van der Waals surface area contributed by atoms with Crippen molar-refractivity contribution in [1.29, 1.82) is 0 Å². The van der Waals surface area contributed by atoms with Crippen LogP contribution in [0.4, 0.5) is 39.8 Å². The quantitative estimate of drug-likeness (QED) is 0.0950. The predicted molar refractivity (Wildman–Crippen MR) is 300 cm³/mol. The van der Waals surface area contributed by atoms with Gasteiger partial charge >= 0.3 is 0 Å². The number of hydrogen-bond acceptors (Lipinski definition) is 4. The number of rotatable bonds is 15. The molecule has 0 spiro atoms. The lowest BCUT2D eigenvalue weighted by atomic mass is 9.96. The summed E-state index contributed by atoms with van der Waals surface area (Å²) in [5.74, 6) is 0. The SMILES string of the molecule is C=C(/C=C\C(=C)N(c1ccc(N(c2ccccc2)c2ccc3ccccc3c2)cc1)C1C=CC(N(c2ccccc2)c2ccc3c(c2)CCC=C3)=CC1)N(/C=C/C=c1/ccccc1=C)c1ccccc1. The molecule has 1 unspecified atom stereocenters. The molecule has 4 heteroatoms. The van der Waals surface area contributed by atoms with Crippen LogP contribution in [0, 0.1) is 0 Å². The Morgan fingerprint density at radius 3 is 1.81 bits per heavy atom. The zero-order chi connectivity index (χ0) is 47.7. The topological polar surface area (TPSA) is 13.0 Å². The molecule has 0 amide bonds. The monoisotopic (exact) mass is 904 g/mol. The van der Waals surface area contributed by atoms with Crippen LogP contribution in [-0.4, -0.2) is 6.04 Å². The lowest BCUT2D eigenvalue weighted by Crippen LogP contribution is -2.34. The van der Waals surface area contributed by atoms with Crippen molar-refractivity contribution in [3.8, 4) is 0 Å². The van der Waals surface area contributed by atoms with Gasteiger partial charge in [-0.25, -0.2) is 0 Å². The number of para-hydroxylation sites is 3. The summed E-state index contributed by atoms with van der Waals surface area (Å²) in [6.07, 6.45) is 24.7. The lowest BCUT2D eigenvalue weighted by Gasteiger charge is -2.36. The van der Waals surface area contributed by atoms with Gasteiger partial charge in [0.15, 0.2) is 0 Å². The predicted octanol–water partition coefficient (Wildman–Crippen LogP) is 15.6. The van der Waals surface area contributed by atoms with Crippen LogP contribution in [0.2, 0.25) is 0 Å². The zero-order valence-electron chi connectivity index (χ0n) is 39.4. The third-order valence-electron chi connectivity index (χ3n) is 13.0. The molecule has 8 aromatic carbocycles. The first-order valence-corrected chi connectivity index (χ1v) is 24.1. The molecule has 0 aromatic heterocycles. The molecule has 10 rings (SSSR count). The Hall–Kier alpha value is -8.86. The molecule has 0 N–H and O–H groups in total. The summed E-state index contributed by atoms with van der Waals surface area (Å²) in [6, 6.07) is 70.6. The standard InChI is InChI=1S/C66H56N4/c1-50-20-13-14-21-53(50)26-19-47-67(58-27-7-4-8-28-58)51(2)33-34-52(3)68(61-39-43-63(44-40-61)69(59-29-9-5-10-30-59)65-37-35-54-22-15-17-24-56(54)48-65)62-41-45-64(46-42-62)70(60-31-11-6-12-32-60)66-38-36-55-23-16-18-25-57(55)49-66/h4-17,19-24,26-41,43-49,62H,1-3,18,25,42H2/b34-33-,47-19+,53-26-. The summed E-state index contributed by atoms with van der Waals surface area (Å²) >= 11 is 0. The highest BCUT2D eigenvalue weighted by molar-refractivity contribution is 5.89. The van der Waals surface area contributed by atoms with E-state index >= 15 is 0 Å². The Morgan fingerprint density at radius 2 is 1.10 bits per heavy atom. The van der Waals surface area contributed by atoms with E-state index in [2.05, 4.69) is 251 Å².